The molecule has 0 aliphatic carbocycles. The van der Waals surface area contributed by atoms with Crippen LogP contribution >= 0.6 is 11.6 Å². The number of halogens is 1. The summed E-state index contributed by atoms with van der Waals surface area (Å²) in [6, 6.07) is 24.4. The van der Waals surface area contributed by atoms with Crippen LogP contribution in [-0.2, 0) is 24.4 Å². The molecule has 0 radical (unpaired) electrons. The molecule has 0 saturated heterocycles. The highest BCUT2D eigenvalue weighted by Gasteiger charge is 2.17. The summed E-state index contributed by atoms with van der Waals surface area (Å²) in [5.74, 6) is 1.17. The average molecular weight is 477 g/mol. The number of ether oxygens (including phenoxy) is 1. The van der Waals surface area contributed by atoms with E-state index in [4.69, 9.17) is 20.9 Å². The van der Waals surface area contributed by atoms with Gasteiger partial charge in [0.15, 0.2) is 0 Å². The maximum absolute atomic E-state index is 12.9. The Hall–Kier alpha value is -3.61. The van der Waals surface area contributed by atoms with Crippen molar-refractivity contribution in [2.24, 2.45) is 0 Å². The van der Waals surface area contributed by atoms with E-state index >= 15 is 0 Å². The third-order valence-electron chi connectivity index (χ3n) is 5.53. The fraction of sp³-hybridized carbons (Fsp3) is 0.185. The summed E-state index contributed by atoms with van der Waals surface area (Å²) in [7, 11) is 0. The number of aliphatic hydroxyl groups is 1. The number of amides is 1. The highest BCUT2D eigenvalue weighted by atomic mass is 35.5. The van der Waals surface area contributed by atoms with Crippen molar-refractivity contribution in [3.63, 3.8) is 0 Å². The first-order valence-electron chi connectivity index (χ1n) is 10.9. The van der Waals surface area contributed by atoms with Crippen LogP contribution in [0.2, 0.25) is 5.02 Å². The predicted molar refractivity (Wildman–Crippen MR) is 130 cm³/mol. The van der Waals surface area contributed by atoms with Crippen molar-refractivity contribution in [1.82, 2.24) is 10.5 Å². The van der Waals surface area contributed by atoms with Crippen LogP contribution in [0.25, 0.3) is 0 Å². The van der Waals surface area contributed by atoms with Gasteiger partial charge in [0.25, 0.3) is 0 Å². The van der Waals surface area contributed by atoms with Gasteiger partial charge in [0, 0.05) is 5.02 Å². The monoisotopic (exact) mass is 476 g/mol. The van der Waals surface area contributed by atoms with Gasteiger partial charge in [-0.15, -0.1) is 0 Å². The number of carbonyl (C=O) groups is 1. The lowest BCUT2D eigenvalue weighted by molar-refractivity contribution is -0.120. The minimum atomic E-state index is -0.277. The number of benzene rings is 3. The Morgan fingerprint density at radius 1 is 1.03 bits per heavy atom. The Bertz CT molecular complexity index is 1220. The Morgan fingerprint density at radius 3 is 2.38 bits per heavy atom. The van der Waals surface area contributed by atoms with Crippen LogP contribution in [-0.4, -0.2) is 16.2 Å². The van der Waals surface area contributed by atoms with Gasteiger partial charge in [-0.3, -0.25) is 4.79 Å². The number of aromatic nitrogens is 1. The largest absolute Gasteiger partial charge is 0.489 e. The smallest absolute Gasteiger partial charge is 0.225 e. The number of aryl methyl sites for hydroxylation is 1. The number of rotatable bonds is 9. The zero-order valence-electron chi connectivity index (χ0n) is 18.7. The molecule has 34 heavy (non-hydrogen) atoms. The molecule has 4 rings (SSSR count). The molecule has 0 aliphatic heterocycles. The van der Waals surface area contributed by atoms with Gasteiger partial charge in [-0.05, 0) is 47.9 Å². The van der Waals surface area contributed by atoms with Gasteiger partial charge in [0.2, 0.25) is 5.91 Å². The maximum atomic E-state index is 12.9. The molecule has 0 saturated carbocycles. The molecule has 0 aliphatic rings. The third kappa shape index (κ3) is 5.84. The molecule has 6 nitrogen and oxygen atoms in total. The highest BCUT2D eigenvalue weighted by molar-refractivity contribution is 6.30. The molecule has 1 unspecified atom stereocenters. The van der Waals surface area contributed by atoms with E-state index in [2.05, 4.69) is 10.5 Å². The van der Waals surface area contributed by atoms with Crippen molar-refractivity contribution in [2.45, 2.75) is 32.6 Å². The van der Waals surface area contributed by atoms with Crippen molar-refractivity contribution < 1.29 is 19.2 Å². The normalized spacial score (nSPS) is 11.7. The van der Waals surface area contributed by atoms with E-state index in [0.717, 1.165) is 22.3 Å². The van der Waals surface area contributed by atoms with Gasteiger partial charge in [0.1, 0.15) is 23.8 Å². The van der Waals surface area contributed by atoms with E-state index in [0.29, 0.717) is 22.2 Å². The highest BCUT2D eigenvalue weighted by Crippen LogP contribution is 2.24. The summed E-state index contributed by atoms with van der Waals surface area (Å²) in [4.78, 5) is 12.9. The van der Waals surface area contributed by atoms with E-state index in [-0.39, 0.29) is 31.6 Å². The summed E-state index contributed by atoms with van der Waals surface area (Å²) in [5.41, 5.74) is 4.02. The number of hydrogen-bond donors (Lipinski definition) is 2. The summed E-state index contributed by atoms with van der Waals surface area (Å²) in [6.07, 6.45) is 0.233. The van der Waals surface area contributed by atoms with Crippen LogP contribution in [0.15, 0.2) is 83.4 Å². The van der Waals surface area contributed by atoms with Gasteiger partial charge < -0.3 is 19.7 Å². The molecule has 1 heterocycles. The minimum Gasteiger partial charge on any atom is -0.489 e. The Morgan fingerprint density at radius 2 is 1.71 bits per heavy atom. The van der Waals surface area contributed by atoms with Crippen molar-refractivity contribution in [3.8, 4) is 5.75 Å². The van der Waals surface area contributed by atoms with E-state index in [9.17, 15) is 9.90 Å². The molecule has 4 aromatic rings. The number of nitrogens with zero attached hydrogens (tertiary/aromatic N) is 1. The van der Waals surface area contributed by atoms with Gasteiger partial charge in [0.05, 0.1) is 24.6 Å². The molecule has 0 spiro atoms. The molecule has 1 aromatic heterocycles. The number of carbonyl (C=O) groups excluding carboxylic acids is 1. The SMILES string of the molecule is Cc1onc(CO)c1COc1ccc(CC(=O)NC(c2ccccc2)c2ccc(Cl)cc2)cc1. The lowest BCUT2D eigenvalue weighted by Crippen LogP contribution is -2.30. The van der Waals surface area contributed by atoms with Crippen molar-refractivity contribution in [1.29, 1.82) is 0 Å². The molecule has 7 heteroatoms. The second-order valence-electron chi connectivity index (χ2n) is 7.89. The summed E-state index contributed by atoms with van der Waals surface area (Å²) < 4.78 is 10.9. The molecule has 1 amide bonds. The molecule has 0 fully saturated rings. The van der Waals surface area contributed by atoms with E-state index in [1.165, 1.54) is 0 Å². The molecule has 3 aromatic carbocycles. The van der Waals surface area contributed by atoms with Gasteiger partial charge >= 0.3 is 0 Å². The zero-order valence-corrected chi connectivity index (χ0v) is 19.5. The number of nitrogens with one attached hydrogen (secondary N) is 1. The van der Waals surface area contributed by atoms with Crippen molar-refractivity contribution in [2.75, 3.05) is 0 Å². The average Bonchev–Trinajstić information content (AvgIpc) is 3.22. The van der Waals surface area contributed by atoms with Crippen molar-refractivity contribution >= 4 is 17.5 Å². The molecular weight excluding hydrogens is 452 g/mol. The van der Waals surface area contributed by atoms with Crippen LogP contribution < -0.4 is 10.1 Å². The Labute approximate surface area is 203 Å². The molecule has 174 valence electrons. The van der Waals surface area contributed by atoms with Gasteiger partial charge in [-0.25, -0.2) is 0 Å². The van der Waals surface area contributed by atoms with Gasteiger partial charge in [-0.1, -0.05) is 71.4 Å². The zero-order chi connectivity index (χ0) is 23.9. The van der Waals surface area contributed by atoms with E-state index in [1.54, 1.807) is 6.92 Å². The molecule has 1 atom stereocenters. The molecule has 0 bridgehead atoms. The standard InChI is InChI=1S/C27H25ClN2O4/c1-18-24(25(16-31)30-34-18)17-33-23-13-7-19(8-14-23)15-26(32)29-27(20-5-3-2-4-6-20)21-9-11-22(28)12-10-21/h2-14,27,31H,15-17H2,1H3,(H,29,32). The summed E-state index contributed by atoms with van der Waals surface area (Å²) in [5, 5.41) is 16.9. The van der Waals surface area contributed by atoms with Crippen molar-refractivity contribution in [3.05, 3.63) is 118 Å². The van der Waals surface area contributed by atoms with Crippen LogP contribution in [0.1, 0.15) is 39.7 Å². The van der Waals surface area contributed by atoms with Crippen LogP contribution in [0, 0.1) is 6.92 Å². The topological polar surface area (TPSA) is 84.6 Å². The quantitative estimate of drug-likeness (QED) is 0.348. The van der Waals surface area contributed by atoms with E-state index < -0.39 is 0 Å². The fourth-order valence-electron chi connectivity index (χ4n) is 3.66. The molecular formula is C27H25ClN2O4. The molecule has 2 N–H and O–H groups in total. The summed E-state index contributed by atoms with van der Waals surface area (Å²) >= 11 is 6.05. The maximum Gasteiger partial charge on any atom is 0.225 e. The minimum absolute atomic E-state index is 0.0924. The van der Waals surface area contributed by atoms with Crippen LogP contribution in [0.5, 0.6) is 5.75 Å². The van der Waals surface area contributed by atoms with Gasteiger partial charge in [-0.2, -0.15) is 0 Å². The Balaban J connectivity index is 1.40. The Kier molecular flexibility index (Phi) is 7.62. The summed E-state index contributed by atoms with van der Waals surface area (Å²) in [6.45, 7) is 1.81. The second-order valence-corrected chi connectivity index (χ2v) is 8.33. The third-order valence-corrected chi connectivity index (χ3v) is 5.78. The number of hydrogen-bond acceptors (Lipinski definition) is 5. The predicted octanol–water partition coefficient (Wildman–Crippen LogP) is 5.16. The number of aliphatic hydroxyl groups excluding tert-OH is 1. The lowest BCUT2D eigenvalue weighted by atomic mass is 9.98. The second kappa shape index (κ2) is 11.0. The lowest BCUT2D eigenvalue weighted by Gasteiger charge is -2.20. The van der Waals surface area contributed by atoms with Crippen LogP contribution in [0.3, 0.4) is 0 Å². The first kappa shape index (κ1) is 23.5. The fourth-order valence-corrected chi connectivity index (χ4v) is 3.79. The van der Waals surface area contributed by atoms with Crippen LogP contribution in [0.4, 0.5) is 0 Å². The first-order chi connectivity index (χ1) is 16.5. The van der Waals surface area contributed by atoms with E-state index in [1.807, 2.05) is 78.9 Å². The first-order valence-corrected chi connectivity index (χ1v) is 11.3.